The van der Waals surface area contributed by atoms with Crippen LogP contribution in [0.15, 0.2) is 24.3 Å². The topological polar surface area (TPSA) is 75.9 Å². The molecule has 25 heavy (non-hydrogen) atoms. The Balaban J connectivity index is 0.00000312. The molecule has 0 spiro atoms. The number of hydrogen-bond donors (Lipinski definition) is 1. The molecule has 1 atom stereocenters. The van der Waals surface area contributed by atoms with Crippen molar-refractivity contribution in [3.63, 3.8) is 0 Å². The average molecular weight is 370 g/mol. The van der Waals surface area contributed by atoms with Gasteiger partial charge in [-0.05, 0) is 24.5 Å². The summed E-state index contributed by atoms with van der Waals surface area (Å²) in [6.07, 6.45) is 1.06. The summed E-state index contributed by atoms with van der Waals surface area (Å²) in [4.78, 5) is 27.7. The van der Waals surface area contributed by atoms with Crippen LogP contribution in [0, 0.1) is 5.92 Å². The minimum atomic E-state index is -0.119. The van der Waals surface area contributed by atoms with E-state index in [1.165, 1.54) is 0 Å². The van der Waals surface area contributed by atoms with Crippen molar-refractivity contribution in [1.29, 1.82) is 0 Å². The molecule has 0 saturated carbocycles. The zero-order valence-corrected chi connectivity index (χ0v) is 15.9. The molecule has 0 bridgehead atoms. The third kappa shape index (κ3) is 5.61. The van der Waals surface area contributed by atoms with Crippen molar-refractivity contribution < 1.29 is 14.3 Å². The molecule has 1 aromatic carbocycles. The van der Waals surface area contributed by atoms with Crippen LogP contribution in [0.4, 0.5) is 5.69 Å². The van der Waals surface area contributed by atoms with Gasteiger partial charge in [0.2, 0.25) is 5.91 Å². The van der Waals surface area contributed by atoms with Crippen LogP contribution in [0.1, 0.15) is 26.7 Å². The number of fused-ring (bicyclic) bond motifs is 1. The van der Waals surface area contributed by atoms with E-state index >= 15 is 0 Å². The van der Waals surface area contributed by atoms with Gasteiger partial charge in [0, 0.05) is 32.6 Å². The summed E-state index contributed by atoms with van der Waals surface area (Å²) < 4.78 is 5.41. The van der Waals surface area contributed by atoms with Gasteiger partial charge in [0.05, 0.1) is 5.69 Å². The molecule has 7 heteroatoms. The number of rotatable bonds is 7. The maximum absolute atomic E-state index is 12.3. The third-order valence-corrected chi connectivity index (χ3v) is 4.44. The lowest BCUT2D eigenvalue weighted by atomic mass is 10.0. The highest BCUT2D eigenvalue weighted by Crippen LogP contribution is 2.31. The smallest absolute Gasteiger partial charge is 0.265 e. The summed E-state index contributed by atoms with van der Waals surface area (Å²) in [6.45, 7) is 5.16. The zero-order chi connectivity index (χ0) is 17.7. The Labute approximate surface area is 155 Å². The lowest BCUT2D eigenvalue weighted by molar-refractivity contribution is -0.129. The number of nitrogens with two attached hydrogens (primary N) is 1. The van der Waals surface area contributed by atoms with E-state index in [4.69, 9.17) is 10.5 Å². The number of carbonyl (C=O) groups excluding carboxylic acids is 2. The maximum Gasteiger partial charge on any atom is 0.265 e. The molecule has 6 nitrogen and oxygen atoms in total. The van der Waals surface area contributed by atoms with E-state index in [9.17, 15) is 9.59 Å². The summed E-state index contributed by atoms with van der Waals surface area (Å²) in [5.41, 5.74) is 6.75. The SMILES string of the molecule is CC(C)C(N)CCN(C)C(=O)CCN1C(=O)COc2ccccc21.Cl. The van der Waals surface area contributed by atoms with Crippen molar-refractivity contribution in [1.82, 2.24) is 4.90 Å². The predicted molar refractivity (Wildman–Crippen MR) is 101 cm³/mol. The molecule has 2 amide bonds. The Kier molecular flexibility index (Phi) is 8.19. The van der Waals surface area contributed by atoms with Crippen LogP contribution in [-0.4, -0.2) is 49.5 Å². The Morgan fingerprint density at radius 2 is 2.04 bits per heavy atom. The third-order valence-electron chi connectivity index (χ3n) is 4.44. The van der Waals surface area contributed by atoms with Crippen molar-refractivity contribution >= 4 is 29.9 Å². The first-order valence-electron chi connectivity index (χ1n) is 8.42. The quantitative estimate of drug-likeness (QED) is 0.798. The number of carbonyl (C=O) groups is 2. The Hall–Kier alpha value is -1.79. The van der Waals surface area contributed by atoms with Crippen molar-refractivity contribution in [2.45, 2.75) is 32.7 Å². The number of benzene rings is 1. The molecule has 0 aromatic heterocycles. The van der Waals surface area contributed by atoms with E-state index in [1.54, 1.807) is 16.8 Å². The molecule has 2 rings (SSSR count). The number of nitrogens with zero attached hydrogens (tertiary/aromatic N) is 2. The Bertz CT molecular complexity index is 595. The van der Waals surface area contributed by atoms with Crippen LogP contribution in [0.25, 0.3) is 0 Å². The van der Waals surface area contributed by atoms with Gasteiger partial charge >= 0.3 is 0 Å². The number of ether oxygens (including phenoxy) is 1. The first-order valence-corrected chi connectivity index (χ1v) is 8.42. The van der Waals surface area contributed by atoms with Crippen LogP contribution >= 0.6 is 12.4 Å². The van der Waals surface area contributed by atoms with Gasteiger partial charge in [-0.2, -0.15) is 0 Å². The average Bonchev–Trinajstić information content (AvgIpc) is 2.58. The minimum Gasteiger partial charge on any atom is -0.482 e. The molecule has 1 aromatic rings. The fraction of sp³-hybridized carbons (Fsp3) is 0.556. The summed E-state index contributed by atoms with van der Waals surface area (Å²) >= 11 is 0. The number of halogens is 1. The van der Waals surface area contributed by atoms with E-state index in [0.717, 1.165) is 12.1 Å². The zero-order valence-electron chi connectivity index (χ0n) is 15.1. The molecule has 0 radical (unpaired) electrons. The maximum atomic E-state index is 12.3. The lowest BCUT2D eigenvalue weighted by Crippen LogP contribution is -2.41. The molecule has 140 valence electrons. The van der Waals surface area contributed by atoms with Crippen LogP contribution in [0.3, 0.4) is 0 Å². The minimum absolute atomic E-state index is 0. The van der Waals surface area contributed by atoms with Gasteiger partial charge in [0.1, 0.15) is 5.75 Å². The van der Waals surface area contributed by atoms with E-state index < -0.39 is 0 Å². The largest absolute Gasteiger partial charge is 0.482 e. The fourth-order valence-electron chi connectivity index (χ4n) is 2.60. The van der Waals surface area contributed by atoms with E-state index in [-0.39, 0.29) is 43.3 Å². The van der Waals surface area contributed by atoms with Crippen molar-refractivity contribution in [3.8, 4) is 5.75 Å². The Morgan fingerprint density at radius 1 is 1.36 bits per heavy atom. The Morgan fingerprint density at radius 3 is 2.72 bits per heavy atom. The van der Waals surface area contributed by atoms with Gasteiger partial charge < -0.3 is 20.3 Å². The summed E-state index contributed by atoms with van der Waals surface area (Å²) in [7, 11) is 1.78. The lowest BCUT2D eigenvalue weighted by Gasteiger charge is -2.29. The molecule has 1 heterocycles. The fourth-order valence-corrected chi connectivity index (χ4v) is 2.60. The van der Waals surface area contributed by atoms with Gasteiger partial charge in [-0.3, -0.25) is 9.59 Å². The monoisotopic (exact) mass is 369 g/mol. The molecule has 0 aliphatic carbocycles. The summed E-state index contributed by atoms with van der Waals surface area (Å²) in [5.74, 6) is 0.977. The number of amides is 2. The first kappa shape index (κ1) is 21.3. The van der Waals surface area contributed by atoms with Crippen LogP contribution < -0.4 is 15.4 Å². The summed E-state index contributed by atoms with van der Waals surface area (Å²) in [6, 6.07) is 7.48. The predicted octanol–water partition coefficient (Wildman–Crippen LogP) is 2.06. The highest BCUT2D eigenvalue weighted by Gasteiger charge is 2.25. The molecule has 1 aliphatic rings. The molecular weight excluding hydrogens is 342 g/mol. The van der Waals surface area contributed by atoms with Crippen LogP contribution in [0.2, 0.25) is 0 Å². The van der Waals surface area contributed by atoms with Crippen molar-refractivity contribution in [2.75, 3.05) is 31.6 Å². The number of para-hydroxylation sites is 2. The van der Waals surface area contributed by atoms with E-state index in [1.807, 2.05) is 24.3 Å². The molecular formula is C18H28ClN3O3. The molecule has 1 aliphatic heterocycles. The van der Waals surface area contributed by atoms with Crippen molar-refractivity contribution in [3.05, 3.63) is 24.3 Å². The molecule has 0 saturated heterocycles. The second-order valence-corrected chi connectivity index (χ2v) is 6.56. The molecule has 0 fully saturated rings. The number of anilines is 1. The van der Waals surface area contributed by atoms with E-state index in [0.29, 0.717) is 24.8 Å². The second kappa shape index (κ2) is 9.63. The van der Waals surface area contributed by atoms with Crippen molar-refractivity contribution in [2.24, 2.45) is 11.7 Å². The molecule has 1 unspecified atom stereocenters. The first-order chi connectivity index (χ1) is 11.4. The summed E-state index contributed by atoms with van der Waals surface area (Å²) in [5, 5.41) is 0. The van der Waals surface area contributed by atoms with Crippen LogP contribution in [0.5, 0.6) is 5.75 Å². The van der Waals surface area contributed by atoms with Gasteiger partial charge in [0.25, 0.3) is 5.91 Å². The van der Waals surface area contributed by atoms with Gasteiger partial charge in [-0.15, -0.1) is 12.4 Å². The number of hydrogen-bond acceptors (Lipinski definition) is 4. The normalized spacial score (nSPS) is 14.4. The van der Waals surface area contributed by atoms with E-state index in [2.05, 4.69) is 13.8 Å². The van der Waals surface area contributed by atoms with Gasteiger partial charge in [0.15, 0.2) is 6.61 Å². The standard InChI is InChI=1S/C18H27N3O3.ClH/c1-13(2)14(19)8-10-20(3)17(22)9-11-21-15-6-4-5-7-16(15)24-12-18(21)23;/h4-7,13-14H,8-12,19H2,1-3H3;1H. The second-order valence-electron chi connectivity index (χ2n) is 6.56. The van der Waals surface area contributed by atoms with Crippen LogP contribution in [-0.2, 0) is 9.59 Å². The highest BCUT2D eigenvalue weighted by atomic mass is 35.5. The highest BCUT2D eigenvalue weighted by molar-refractivity contribution is 5.98. The van der Waals surface area contributed by atoms with Gasteiger partial charge in [-0.25, -0.2) is 0 Å². The van der Waals surface area contributed by atoms with Gasteiger partial charge in [-0.1, -0.05) is 26.0 Å². The molecule has 2 N–H and O–H groups in total.